The van der Waals surface area contributed by atoms with Gasteiger partial charge in [0.25, 0.3) is 0 Å². The Bertz CT molecular complexity index is 146. The first-order chi connectivity index (χ1) is 6.10. The standard InChI is InChI=1S/C10H21NO2/c1-5-11(7-9(3)4)8-10(12)13-6-2/h9H,5-8H2,1-4H3. The molecule has 0 bridgehead atoms. The molecule has 0 aromatic heterocycles. The molecule has 78 valence electrons. The summed E-state index contributed by atoms with van der Waals surface area (Å²) in [5, 5.41) is 0. The molecule has 0 aliphatic rings. The van der Waals surface area contributed by atoms with E-state index in [-0.39, 0.29) is 5.97 Å². The fourth-order valence-corrected chi connectivity index (χ4v) is 1.21. The highest BCUT2D eigenvalue weighted by atomic mass is 16.5. The molecule has 0 aliphatic carbocycles. The number of likely N-dealkylation sites (N-methyl/N-ethyl adjacent to an activating group) is 1. The van der Waals surface area contributed by atoms with Gasteiger partial charge < -0.3 is 4.74 Å². The fourth-order valence-electron chi connectivity index (χ4n) is 1.21. The molecular formula is C10H21NO2. The zero-order valence-corrected chi connectivity index (χ0v) is 9.17. The molecule has 0 saturated heterocycles. The second-order valence-electron chi connectivity index (χ2n) is 3.53. The smallest absolute Gasteiger partial charge is 0.320 e. The van der Waals surface area contributed by atoms with Gasteiger partial charge in [0.1, 0.15) is 0 Å². The van der Waals surface area contributed by atoms with Gasteiger partial charge in [-0.1, -0.05) is 20.8 Å². The van der Waals surface area contributed by atoms with Gasteiger partial charge >= 0.3 is 5.97 Å². The van der Waals surface area contributed by atoms with Gasteiger partial charge in [-0.2, -0.15) is 0 Å². The van der Waals surface area contributed by atoms with Crippen LogP contribution in [0.15, 0.2) is 0 Å². The van der Waals surface area contributed by atoms with Crippen molar-refractivity contribution in [2.45, 2.75) is 27.7 Å². The number of rotatable bonds is 6. The number of carbonyl (C=O) groups excluding carboxylic acids is 1. The van der Waals surface area contributed by atoms with Crippen LogP contribution in [0.3, 0.4) is 0 Å². The first-order valence-electron chi connectivity index (χ1n) is 4.98. The summed E-state index contributed by atoms with van der Waals surface area (Å²) in [6.45, 7) is 10.9. The summed E-state index contributed by atoms with van der Waals surface area (Å²) < 4.78 is 4.88. The van der Waals surface area contributed by atoms with Gasteiger partial charge in [0.2, 0.25) is 0 Å². The van der Waals surface area contributed by atoms with E-state index in [2.05, 4.69) is 25.7 Å². The van der Waals surface area contributed by atoms with Crippen LogP contribution < -0.4 is 0 Å². The summed E-state index contributed by atoms with van der Waals surface area (Å²) >= 11 is 0. The maximum absolute atomic E-state index is 11.1. The molecule has 3 heteroatoms. The van der Waals surface area contributed by atoms with Crippen LogP contribution in [0, 0.1) is 5.92 Å². The molecule has 0 atom stereocenters. The molecular weight excluding hydrogens is 166 g/mol. The van der Waals surface area contributed by atoms with Crippen molar-refractivity contribution in [3.63, 3.8) is 0 Å². The molecule has 0 radical (unpaired) electrons. The highest BCUT2D eigenvalue weighted by Crippen LogP contribution is 1.98. The number of esters is 1. The normalized spacial score (nSPS) is 10.9. The van der Waals surface area contributed by atoms with Crippen LogP contribution in [0.1, 0.15) is 27.7 Å². The first kappa shape index (κ1) is 12.4. The number of nitrogens with zero attached hydrogens (tertiary/aromatic N) is 1. The lowest BCUT2D eigenvalue weighted by molar-refractivity contribution is -0.144. The molecule has 0 heterocycles. The quantitative estimate of drug-likeness (QED) is 0.591. The van der Waals surface area contributed by atoms with E-state index in [1.54, 1.807) is 0 Å². The van der Waals surface area contributed by atoms with Gasteiger partial charge in [0.05, 0.1) is 13.2 Å². The average molecular weight is 187 g/mol. The van der Waals surface area contributed by atoms with Crippen LogP contribution in [0.5, 0.6) is 0 Å². The lowest BCUT2D eigenvalue weighted by Gasteiger charge is -2.20. The van der Waals surface area contributed by atoms with Gasteiger partial charge in [-0.15, -0.1) is 0 Å². The summed E-state index contributed by atoms with van der Waals surface area (Å²) in [7, 11) is 0. The van der Waals surface area contributed by atoms with Crippen LogP contribution in [-0.2, 0) is 9.53 Å². The van der Waals surface area contributed by atoms with Crippen LogP contribution in [0.2, 0.25) is 0 Å². The molecule has 0 spiro atoms. The maximum atomic E-state index is 11.1. The summed E-state index contributed by atoms with van der Waals surface area (Å²) in [6, 6.07) is 0. The van der Waals surface area contributed by atoms with E-state index in [4.69, 9.17) is 4.74 Å². The lowest BCUT2D eigenvalue weighted by Crippen LogP contribution is -2.33. The first-order valence-corrected chi connectivity index (χ1v) is 4.98. The van der Waals surface area contributed by atoms with Crippen molar-refractivity contribution in [3.8, 4) is 0 Å². The molecule has 0 aliphatic heterocycles. The minimum absolute atomic E-state index is 0.120. The van der Waals surface area contributed by atoms with E-state index in [1.807, 2.05) is 6.92 Å². The Labute approximate surface area is 81.1 Å². The molecule has 0 amide bonds. The molecule has 0 rings (SSSR count). The second-order valence-corrected chi connectivity index (χ2v) is 3.53. The Morgan fingerprint density at radius 3 is 2.38 bits per heavy atom. The zero-order valence-electron chi connectivity index (χ0n) is 9.17. The average Bonchev–Trinajstić information content (AvgIpc) is 2.02. The number of hydrogen-bond acceptors (Lipinski definition) is 3. The van der Waals surface area contributed by atoms with E-state index < -0.39 is 0 Å². The van der Waals surface area contributed by atoms with Crippen molar-refractivity contribution in [2.75, 3.05) is 26.2 Å². The van der Waals surface area contributed by atoms with E-state index in [1.165, 1.54) is 0 Å². The monoisotopic (exact) mass is 187 g/mol. The van der Waals surface area contributed by atoms with Crippen molar-refractivity contribution < 1.29 is 9.53 Å². The Hall–Kier alpha value is -0.570. The molecule has 0 fully saturated rings. The number of carbonyl (C=O) groups is 1. The van der Waals surface area contributed by atoms with Crippen molar-refractivity contribution in [1.29, 1.82) is 0 Å². The molecule has 0 unspecified atom stereocenters. The third kappa shape index (κ3) is 6.58. The zero-order chi connectivity index (χ0) is 10.3. The van der Waals surface area contributed by atoms with Gasteiger partial charge in [-0.25, -0.2) is 0 Å². The number of hydrogen-bond donors (Lipinski definition) is 0. The molecule has 0 aromatic carbocycles. The predicted octanol–water partition coefficient (Wildman–Crippen LogP) is 1.53. The SMILES string of the molecule is CCOC(=O)CN(CC)CC(C)C. The number of ether oxygens (including phenoxy) is 1. The minimum atomic E-state index is -0.120. The Morgan fingerprint density at radius 2 is 2.00 bits per heavy atom. The van der Waals surface area contributed by atoms with Gasteiger partial charge in [-0.3, -0.25) is 9.69 Å². The van der Waals surface area contributed by atoms with Crippen molar-refractivity contribution in [2.24, 2.45) is 5.92 Å². The van der Waals surface area contributed by atoms with Crippen molar-refractivity contribution in [3.05, 3.63) is 0 Å². The van der Waals surface area contributed by atoms with E-state index in [0.717, 1.165) is 13.1 Å². The minimum Gasteiger partial charge on any atom is -0.465 e. The van der Waals surface area contributed by atoms with Gasteiger partial charge in [-0.05, 0) is 19.4 Å². The Morgan fingerprint density at radius 1 is 1.38 bits per heavy atom. The summed E-state index contributed by atoms with van der Waals surface area (Å²) in [5.41, 5.74) is 0. The maximum Gasteiger partial charge on any atom is 0.320 e. The highest BCUT2D eigenvalue weighted by Gasteiger charge is 2.10. The topological polar surface area (TPSA) is 29.5 Å². The highest BCUT2D eigenvalue weighted by molar-refractivity contribution is 5.71. The summed E-state index contributed by atoms with van der Waals surface area (Å²) in [4.78, 5) is 13.2. The largest absolute Gasteiger partial charge is 0.465 e. The third-order valence-electron chi connectivity index (χ3n) is 1.73. The van der Waals surface area contributed by atoms with Crippen LogP contribution in [0.4, 0.5) is 0 Å². The van der Waals surface area contributed by atoms with Crippen LogP contribution >= 0.6 is 0 Å². The molecule has 13 heavy (non-hydrogen) atoms. The van der Waals surface area contributed by atoms with Crippen molar-refractivity contribution >= 4 is 5.97 Å². The fraction of sp³-hybridized carbons (Fsp3) is 0.900. The summed E-state index contributed by atoms with van der Waals surface area (Å²) in [5.74, 6) is 0.472. The third-order valence-corrected chi connectivity index (χ3v) is 1.73. The van der Waals surface area contributed by atoms with Crippen LogP contribution in [-0.4, -0.2) is 37.1 Å². The molecule has 0 saturated carbocycles. The second kappa shape index (κ2) is 6.89. The molecule has 3 nitrogen and oxygen atoms in total. The van der Waals surface area contributed by atoms with E-state index in [9.17, 15) is 4.79 Å². The predicted molar refractivity (Wildman–Crippen MR) is 53.6 cm³/mol. The Kier molecular flexibility index (Phi) is 6.59. The van der Waals surface area contributed by atoms with Crippen molar-refractivity contribution in [1.82, 2.24) is 4.90 Å². The molecule has 0 N–H and O–H groups in total. The Balaban J connectivity index is 3.76. The van der Waals surface area contributed by atoms with Crippen LogP contribution in [0.25, 0.3) is 0 Å². The van der Waals surface area contributed by atoms with Gasteiger partial charge in [0.15, 0.2) is 0 Å². The van der Waals surface area contributed by atoms with E-state index >= 15 is 0 Å². The molecule has 0 aromatic rings. The van der Waals surface area contributed by atoms with Gasteiger partial charge in [0, 0.05) is 6.54 Å². The van der Waals surface area contributed by atoms with E-state index in [0.29, 0.717) is 19.1 Å². The lowest BCUT2D eigenvalue weighted by atomic mass is 10.2. The summed E-state index contributed by atoms with van der Waals surface area (Å²) in [6.07, 6.45) is 0.